The van der Waals surface area contributed by atoms with Crippen LogP contribution in [-0.4, -0.2) is 61.8 Å². The van der Waals surface area contributed by atoms with E-state index in [1.807, 2.05) is 0 Å². The molecule has 116 valence electrons. The summed E-state index contributed by atoms with van der Waals surface area (Å²) in [4.78, 5) is 14.6. The van der Waals surface area contributed by atoms with Crippen LogP contribution in [0.1, 0.15) is 33.6 Å². The van der Waals surface area contributed by atoms with E-state index in [-0.39, 0.29) is 17.6 Å². The maximum absolute atomic E-state index is 12.1. The quantitative estimate of drug-likeness (QED) is 0.793. The molecule has 0 bridgehead atoms. The Morgan fingerprint density at radius 2 is 2.30 bits per heavy atom. The summed E-state index contributed by atoms with van der Waals surface area (Å²) in [7, 11) is 0. The summed E-state index contributed by atoms with van der Waals surface area (Å²) in [6, 6.07) is 0. The lowest BCUT2D eigenvalue weighted by Gasteiger charge is -2.43. The molecule has 1 amide bonds. The molecule has 5 heteroatoms. The Bertz CT molecular complexity index is 327. The van der Waals surface area contributed by atoms with Gasteiger partial charge in [0.15, 0.2) is 0 Å². The van der Waals surface area contributed by atoms with Gasteiger partial charge in [0, 0.05) is 31.7 Å². The van der Waals surface area contributed by atoms with Crippen LogP contribution in [0.2, 0.25) is 0 Å². The Labute approximate surface area is 122 Å². The van der Waals surface area contributed by atoms with Crippen molar-refractivity contribution < 1.29 is 9.53 Å². The minimum absolute atomic E-state index is 0.00638. The Morgan fingerprint density at radius 1 is 1.50 bits per heavy atom. The molecule has 2 aliphatic heterocycles. The summed E-state index contributed by atoms with van der Waals surface area (Å²) in [6.07, 6.45) is 2.24. The average Bonchev–Trinajstić information content (AvgIpc) is 2.46. The minimum Gasteiger partial charge on any atom is -0.366 e. The molecular weight excluding hydrogens is 254 g/mol. The van der Waals surface area contributed by atoms with Gasteiger partial charge in [-0.15, -0.1) is 0 Å². The van der Waals surface area contributed by atoms with Crippen LogP contribution in [0, 0.1) is 5.92 Å². The molecule has 0 aromatic rings. The van der Waals surface area contributed by atoms with Gasteiger partial charge in [-0.05, 0) is 39.2 Å². The van der Waals surface area contributed by atoms with Gasteiger partial charge in [0.1, 0.15) is 6.10 Å². The van der Waals surface area contributed by atoms with E-state index in [9.17, 15) is 4.79 Å². The molecule has 0 spiro atoms. The fourth-order valence-electron chi connectivity index (χ4n) is 3.00. The number of carbonyl (C=O) groups is 1. The fourth-order valence-corrected chi connectivity index (χ4v) is 3.00. The van der Waals surface area contributed by atoms with Gasteiger partial charge in [-0.3, -0.25) is 9.69 Å². The molecule has 0 radical (unpaired) electrons. The van der Waals surface area contributed by atoms with Crippen molar-refractivity contribution in [2.45, 2.75) is 45.3 Å². The van der Waals surface area contributed by atoms with Gasteiger partial charge in [-0.2, -0.15) is 0 Å². The SMILES string of the molecule is CC1CCCN(C(C)(C)CNC(=O)C2CNCCO2)C1. The highest BCUT2D eigenvalue weighted by Gasteiger charge is 2.31. The molecular formula is C15H29N3O2. The molecule has 0 aromatic heterocycles. The van der Waals surface area contributed by atoms with Crippen molar-refractivity contribution in [2.24, 2.45) is 5.92 Å². The predicted molar refractivity (Wildman–Crippen MR) is 79.7 cm³/mol. The molecule has 2 rings (SSSR count). The number of hydrogen-bond acceptors (Lipinski definition) is 4. The number of piperidine rings is 1. The topological polar surface area (TPSA) is 53.6 Å². The number of likely N-dealkylation sites (tertiary alicyclic amines) is 1. The number of amides is 1. The third-order valence-electron chi connectivity index (χ3n) is 4.43. The lowest BCUT2D eigenvalue weighted by molar-refractivity contribution is -0.134. The highest BCUT2D eigenvalue weighted by atomic mass is 16.5. The van der Waals surface area contributed by atoms with Gasteiger partial charge in [0.2, 0.25) is 0 Å². The highest BCUT2D eigenvalue weighted by molar-refractivity contribution is 5.81. The van der Waals surface area contributed by atoms with Crippen LogP contribution in [0.25, 0.3) is 0 Å². The van der Waals surface area contributed by atoms with Gasteiger partial charge in [0.05, 0.1) is 6.61 Å². The van der Waals surface area contributed by atoms with Crippen molar-refractivity contribution in [1.29, 1.82) is 0 Å². The van der Waals surface area contributed by atoms with Crippen LogP contribution in [0.5, 0.6) is 0 Å². The lowest BCUT2D eigenvalue weighted by Crippen LogP contribution is -2.56. The van der Waals surface area contributed by atoms with E-state index in [2.05, 4.69) is 36.3 Å². The van der Waals surface area contributed by atoms with Crippen LogP contribution in [0.3, 0.4) is 0 Å². The van der Waals surface area contributed by atoms with Crippen LogP contribution in [-0.2, 0) is 9.53 Å². The van der Waals surface area contributed by atoms with Gasteiger partial charge in [0.25, 0.3) is 5.91 Å². The second kappa shape index (κ2) is 6.87. The number of ether oxygens (including phenoxy) is 1. The van der Waals surface area contributed by atoms with Gasteiger partial charge < -0.3 is 15.4 Å². The molecule has 0 saturated carbocycles. The van der Waals surface area contributed by atoms with Crippen molar-refractivity contribution in [1.82, 2.24) is 15.5 Å². The number of carbonyl (C=O) groups excluding carboxylic acids is 1. The summed E-state index contributed by atoms with van der Waals surface area (Å²) in [5.41, 5.74) is 0.00638. The zero-order chi connectivity index (χ0) is 14.6. The van der Waals surface area contributed by atoms with Crippen LogP contribution in [0.15, 0.2) is 0 Å². The van der Waals surface area contributed by atoms with Gasteiger partial charge in [-0.25, -0.2) is 0 Å². The van der Waals surface area contributed by atoms with Crippen LogP contribution < -0.4 is 10.6 Å². The summed E-state index contributed by atoms with van der Waals surface area (Å²) >= 11 is 0. The van der Waals surface area contributed by atoms with Gasteiger partial charge in [-0.1, -0.05) is 6.92 Å². The van der Waals surface area contributed by atoms with Crippen molar-refractivity contribution in [3.05, 3.63) is 0 Å². The Hall–Kier alpha value is -0.650. The Balaban J connectivity index is 1.80. The molecule has 20 heavy (non-hydrogen) atoms. The first-order valence-electron chi connectivity index (χ1n) is 7.84. The zero-order valence-electron chi connectivity index (χ0n) is 13.1. The van der Waals surface area contributed by atoms with Crippen molar-refractivity contribution in [2.75, 3.05) is 39.3 Å². The standard InChI is InChI=1S/C15H29N3O2/c1-12-5-4-7-18(10-12)15(2,3)11-17-14(19)13-9-16-6-8-20-13/h12-13,16H,4-11H2,1-3H3,(H,17,19). The van der Waals surface area contributed by atoms with E-state index < -0.39 is 0 Å². The smallest absolute Gasteiger partial charge is 0.250 e. The van der Waals surface area contributed by atoms with E-state index in [1.54, 1.807) is 0 Å². The summed E-state index contributed by atoms with van der Waals surface area (Å²) in [5.74, 6) is 0.764. The lowest BCUT2D eigenvalue weighted by atomic mass is 9.93. The highest BCUT2D eigenvalue weighted by Crippen LogP contribution is 2.23. The predicted octanol–water partition coefficient (Wildman–Crippen LogP) is 0.602. The number of rotatable bonds is 4. The third-order valence-corrected chi connectivity index (χ3v) is 4.43. The van der Waals surface area contributed by atoms with Gasteiger partial charge >= 0.3 is 0 Å². The molecule has 2 heterocycles. The summed E-state index contributed by atoms with van der Waals surface area (Å²) < 4.78 is 5.48. The molecule has 0 aromatic carbocycles. The summed E-state index contributed by atoms with van der Waals surface area (Å²) in [5, 5.41) is 6.24. The molecule has 2 N–H and O–H groups in total. The molecule has 2 aliphatic rings. The Morgan fingerprint density at radius 3 is 2.95 bits per heavy atom. The maximum atomic E-state index is 12.1. The number of morpholine rings is 1. The molecule has 0 aliphatic carbocycles. The largest absolute Gasteiger partial charge is 0.366 e. The second-order valence-electron chi connectivity index (χ2n) is 6.79. The maximum Gasteiger partial charge on any atom is 0.250 e. The number of nitrogens with one attached hydrogen (secondary N) is 2. The van der Waals surface area contributed by atoms with Crippen molar-refractivity contribution >= 4 is 5.91 Å². The van der Waals surface area contributed by atoms with E-state index in [0.29, 0.717) is 19.7 Å². The van der Waals surface area contributed by atoms with Crippen molar-refractivity contribution in [3.63, 3.8) is 0 Å². The first-order chi connectivity index (χ1) is 9.49. The fraction of sp³-hybridized carbons (Fsp3) is 0.933. The first-order valence-corrected chi connectivity index (χ1v) is 7.84. The minimum atomic E-state index is -0.333. The Kier molecular flexibility index (Phi) is 5.41. The molecule has 5 nitrogen and oxygen atoms in total. The first kappa shape index (κ1) is 15.7. The monoisotopic (exact) mass is 283 g/mol. The molecule has 2 saturated heterocycles. The third kappa shape index (κ3) is 4.17. The second-order valence-corrected chi connectivity index (χ2v) is 6.79. The number of hydrogen-bond donors (Lipinski definition) is 2. The van der Waals surface area contributed by atoms with Crippen LogP contribution >= 0.6 is 0 Å². The molecule has 2 unspecified atom stereocenters. The van der Waals surface area contributed by atoms with E-state index in [0.717, 1.165) is 25.6 Å². The van der Waals surface area contributed by atoms with E-state index in [1.165, 1.54) is 12.8 Å². The zero-order valence-corrected chi connectivity index (χ0v) is 13.1. The van der Waals surface area contributed by atoms with Crippen LogP contribution in [0.4, 0.5) is 0 Å². The molecule has 2 fully saturated rings. The van der Waals surface area contributed by atoms with Crippen molar-refractivity contribution in [3.8, 4) is 0 Å². The van der Waals surface area contributed by atoms with E-state index >= 15 is 0 Å². The van der Waals surface area contributed by atoms with E-state index in [4.69, 9.17) is 4.74 Å². The average molecular weight is 283 g/mol. The molecule has 2 atom stereocenters. The summed E-state index contributed by atoms with van der Waals surface area (Å²) in [6.45, 7) is 11.7. The normalized spacial score (nSPS) is 29.1. The number of nitrogens with zero attached hydrogens (tertiary/aromatic N) is 1.